The molecule has 5 rings (SSSR count). The number of piperidine rings is 1. The Hall–Kier alpha value is -2.57. The van der Waals surface area contributed by atoms with E-state index < -0.39 is 0 Å². The maximum absolute atomic E-state index is 13.4. The number of fused-ring (bicyclic) bond motifs is 2. The first-order valence-electron chi connectivity index (χ1n) is 10.3. The van der Waals surface area contributed by atoms with Crippen molar-refractivity contribution < 1.29 is 13.7 Å². The fourth-order valence-corrected chi connectivity index (χ4v) is 4.78. The van der Waals surface area contributed by atoms with Crippen LogP contribution in [0.4, 0.5) is 4.39 Å². The van der Waals surface area contributed by atoms with Crippen LogP contribution in [0.2, 0.25) is 0 Å². The zero-order valence-corrected chi connectivity index (χ0v) is 16.3. The van der Waals surface area contributed by atoms with E-state index in [1.165, 1.54) is 17.7 Å². The molecule has 0 saturated carbocycles. The summed E-state index contributed by atoms with van der Waals surface area (Å²) in [7, 11) is 0. The number of carbonyl (C=O) groups excluding carboxylic acids is 1. The second-order valence-electron chi connectivity index (χ2n) is 8.07. The normalized spacial score (nSPS) is 20.9. The molecule has 1 aromatic heterocycles. The largest absolute Gasteiger partial charge is 0.356 e. The minimum Gasteiger partial charge on any atom is -0.356 e. The van der Waals surface area contributed by atoms with Crippen molar-refractivity contribution in [1.82, 2.24) is 15.0 Å². The zero-order valence-electron chi connectivity index (χ0n) is 16.3. The van der Waals surface area contributed by atoms with Crippen LogP contribution in [-0.2, 0) is 11.3 Å². The highest BCUT2D eigenvalue weighted by atomic mass is 19.1. The number of benzene rings is 2. The first-order valence-corrected chi connectivity index (χ1v) is 10.3. The second kappa shape index (κ2) is 7.69. The average molecular weight is 393 g/mol. The monoisotopic (exact) mass is 393 g/mol. The van der Waals surface area contributed by atoms with Crippen molar-refractivity contribution in [3.8, 4) is 0 Å². The van der Waals surface area contributed by atoms with E-state index in [0.29, 0.717) is 11.5 Å². The number of carbonyl (C=O) groups is 1. The van der Waals surface area contributed by atoms with Crippen LogP contribution in [0.3, 0.4) is 0 Å². The van der Waals surface area contributed by atoms with Crippen molar-refractivity contribution in [2.24, 2.45) is 0 Å². The summed E-state index contributed by atoms with van der Waals surface area (Å²) >= 11 is 0. The molecule has 0 spiro atoms. The third kappa shape index (κ3) is 3.47. The predicted octanol–water partition coefficient (Wildman–Crippen LogP) is 3.90. The standard InChI is InChI=1S/C23H24FN3O2/c24-18-5-6-20-22(13-18)29-25-23(20)16-7-9-26(10-8-16)11-12-27-14-17-3-1-2-4-19(17)21(27)15-28/h1-6,13,15-16,21H,7-12,14H2. The van der Waals surface area contributed by atoms with Gasteiger partial charge in [-0.25, -0.2) is 4.39 Å². The molecule has 2 aliphatic rings. The number of hydrogen-bond donors (Lipinski definition) is 0. The lowest BCUT2D eigenvalue weighted by Crippen LogP contribution is -2.39. The Labute approximate surface area is 169 Å². The molecule has 0 radical (unpaired) electrons. The fourth-order valence-electron chi connectivity index (χ4n) is 4.78. The van der Waals surface area contributed by atoms with Crippen LogP contribution in [0.15, 0.2) is 47.0 Å². The topological polar surface area (TPSA) is 49.6 Å². The lowest BCUT2D eigenvalue weighted by atomic mass is 9.91. The SMILES string of the molecule is O=CC1c2ccccc2CN1CCN1CCC(c2noc3cc(F)ccc23)CC1. The first kappa shape index (κ1) is 18.5. The number of hydrogen-bond acceptors (Lipinski definition) is 5. The summed E-state index contributed by atoms with van der Waals surface area (Å²) < 4.78 is 18.7. The zero-order chi connectivity index (χ0) is 19.8. The van der Waals surface area contributed by atoms with Crippen molar-refractivity contribution in [1.29, 1.82) is 0 Å². The Morgan fingerprint density at radius 2 is 1.97 bits per heavy atom. The summed E-state index contributed by atoms with van der Waals surface area (Å²) in [5.74, 6) is 0.0458. The van der Waals surface area contributed by atoms with Crippen LogP contribution in [0.25, 0.3) is 11.0 Å². The molecule has 0 N–H and O–H groups in total. The molecule has 0 aliphatic carbocycles. The van der Waals surface area contributed by atoms with Gasteiger partial charge in [0.05, 0.1) is 11.7 Å². The molecule has 29 heavy (non-hydrogen) atoms. The van der Waals surface area contributed by atoms with Gasteiger partial charge in [-0.1, -0.05) is 29.4 Å². The molecule has 6 heteroatoms. The van der Waals surface area contributed by atoms with Gasteiger partial charge in [0.2, 0.25) is 0 Å². The molecule has 3 aromatic rings. The summed E-state index contributed by atoms with van der Waals surface area (Å²) in [5.41, 5.74) is 3.89. The molecule has 1 saturated heterocycles. The summed E-state index contributed by atoms with van der Waals surface area (Å²) in [5, 5.41) is 5.16. The van der Waals surface area contributed by atoms with Crippen LogP contribution < -0.4 is 0 Å². The van der Waals surface area contributed by atoms with Crippen LogP contribution in [0.5, 0.6) is 0 Å². The van der Waals surface area contributed by atoms with E-state index >= 15 is 0 Å². The third-order valence-corrected chi connectivity index (χ3v) is 6.41. The average Bonchev–Trinajstić information content (AvgIpc) is 3.33. The number of halogens is 1. The number of likely N-dealkylation sites (tertiary alicyclic amines) is 1. The Balaban J connectivity index is 1.18. The van der Waals surface area contributed by atoms with Gasteiger partial charge in [0.1, 0.15) is 12.1 Å². The molecular formula is C23H24FN3O2. The minimum absolute atomic E-state index is 0.120. The van der Waals surface area contributed by atoms with Gasteiger partial charge in [-0.05, 0) is 49.2 Å². The van der Waals surface area contributed by atoms with Gasteiger partial charge >= 0.3 is 0 Å². The summed E-state index contributed by atoms with van der Waals surface area (Å²) in [6, 6.07) is 12.7. The maximum atomic E-state index is 13.4. The molecule has 1 atom stereocenters. The van der Waals surface area contributed by atoms with E-state index in [-0.39, 0.29) is 11.9 Å². The molecule has 150 valence electrons. The van der Waals surface area contributed by atoms with Crippen molar-refractivity contribution in [3.05, 3.63) is 65.1 Å². The van der Waals surface area contributed by atoms with Crippen molar-refractivity contribution in [2.45, 2.75) is 31.3 Å². The Morgan fingerprint density at radius 3 is 2.79 bits per heavy atom. The number of rotatable bonds is 5. The number of nitrogens with zero attached hydrogens (tertiary/aromatic N) is 3. The smallest absolute Gasteiger partial charge is 0.170 e. The van der Waals surface area contributed by atoms with E-state index in [0.717, 1.165) is 68.5 Å². The molecule has 5 nitrogen and oxygen atoms in total. The fraction of sp³-hybridized carbons (Fsp3) is 0.391. The highest BCUT2D eigenvalue weighted by Gasteiger charge is 2.30. The molecule has 2 aliphatic heterocycles. The number of aromatic nitrogens is 1. The molecule has 1 unspecified atom stereocenters. The van der Waals surface area contributed by atoms with E-state index in [4.69, 9.17) is 4.52 Å². The molecule has 2 aromatic carbocycles. The van der Waals surface area contributed by atoms with Gasteiger partial charge < -0.3 is 14.2 Å². The second-order valence-corrected chi connectivity index (χ2v) is 8.07. The molecular weight excluding hydrogens is 369 g/mol. The molecule has 0 bridgehead atoms. The quantitative estimate of drug-likeness (QED) is 0.616. The van der Waals surface area contributed by atoms with Crippen molar-refractivity contribution >= 4 is 17.3 Å². The van der Waals surface area contributed by atoms with Crippen LogP contribution in [-0.4, -0.2) is 47.4 Å². The van der Waals surface area contributed by atoms with E-state index in [1.54, 1.807) is 6.07 Å². The van der Waals surface area contributed by atoms with Gasteiger partial charge in [-0.3, -0.25) is 4.90 Å². The maximum Gasteiger partial charge on any atom is 0.170 e. The third-order valence-electron chi connectivity index (χ3n) is 6.41. The molecule has 1 fully saturated rings. The lowest BCUT2D eigenvalue weighted by molar-refractivity contribution is -0.112. The summed E-state index contributed by atoms with van der Waals surface area (Å²) in [6.45, 7) is 4.67. The molecule has 3 heterocycles. The highest BCUT2D eigenvalue weighted by Crippen LogP contribution is 2.34. The van der Waals surface area contributed by atoms with E-state index in [9.17, 15) is 9.18 Å². The Bertz CT molecular complexity index is 1030. The van der Waals surface area contributed by atoms with Gasteiger partial charge in [-0.2, -0.15) is 0 Å². The van der Waals surface area contributed by atoms with Gasteiger partial charge in [0.15, 0.2) is 5.58 Å². The summed E-state index contributed by atoms with van der Waals surface area (Å²) in [6.07, 6.45) is 3.09. The van der Waals surface area contributed by atoms with Gasteiger partial charge in [0.25, 0.3) is 0 Å². The predicted molar refractivity (Wildman–Crippen MR) is 108 cm³/mol. The van der Waals surface area contributed by atoms with Crippen molar-refractivity contribution in [3.63, 3.8) is 0 Å². The van der Waals surface area contributed by atoms with E-state index in [1.807, 2.05) is 12.1 Å². The first-order chi connectivity index (χ1) is 14.2. The molecule has 0 amide bonds. The highest BCUT2D eigenvalue weighted by molar-refractivity contribution is 5.79. The van der Waals surface area contributed by atoms with Crippen LogP contribution in [0.1, 0.15) is 41.6 Å². The summed E-state index contributed by atoms with van der Waals surface area (Å²) in [4.78, 5) is 16.4. The van der Waals surface area contributed by atoms with Gasteiger partial charge in [-0.15, -0.1) is 0 Å². The van der Waals surface area contributed by atoms with Crippen LogP contribution >= 0.6 is 0 Å². The minimum atomic E-state index is -0.298. The van der Waals surface area contributed by atoms with Crippen LogP contribution in [0, 0.1) is 5.82 Å². The van der Waals surface area contributed by atoms with Crippen molar-refractivity contribution in [2.75, 3.05) is 26.2 Å². The number of aldehydes is 1. The van der Waals surface area contributed by atoms with E-state index in [2.05, 4.69) is 27.1 Å². The Kier molecular flexibility index (Phi) is 4.89. The van der Waals surface area contributed by atoms with Gasteiger partial charge in [0, 0.05) is 37.0 Å². The lowest BCUT2D eigenvalue weighted by Gasteiger charge is -2.33. The Morgan fingerprint density at radius 1 is 1.14 bits per heavy atom.